The van der Waals surface area contributed by atoms with Crippen LogP contribution in [0.25, 0.3) is 0 Å². The van der Waals surface area contributed by atoms with Crippen molar-refractivity contribution in [3.8, 4) is 5.88 Å². The van der Waals surface area contributed by atoms with Crippen molar-refractivity contribution in [2.75, 3.05) is 40.1 Å². The molecule has 2 atom stereocenters. The number of piperidine rings is 1. The van der Waals surface area contributed by atoms with Gasteiger partial charge in [0.15, 0.2) is 0 Å². The van der Waals surface area contributed by atoms with Gasteiger partial charge < -0.3 is 14.2 Å². The summed E-state index contributed by atoms with van der Waals surface area (Å²) in [5, 5.41) is 0. The molecule has 0 amide bonds. The quantitative estimate of drug-likeness (QED) is 0.247. The van der Waals surface area contributed by atoms with Gasteiger partial charge in [-0.1, -0.05) is 46.0 Å². The highest BCUT2D eigenvalue weighted by molar-refractivity contribution is 6.99. The van der Waals surface area contributed by atoms with Gasteiger partial charge >= 0.3 is 6.16 Å². The number of carbonyl (C=O) groups excluding carboxylic acids is 1. The van der Waals surface area contributed by atoms with Gasteiger partial charge in [-0.25, -0.2) is 4.79 Å². The second-order valence-electron chi connectivity index (χ2n) is 8.31. The van der Waals surface area contributed by atoms with Gasteiger partial charge in [0.1, 0.15) is 5.69 Å². The van der Waals surface area contributed by atoms with Crippen LogP contribution in [-0.2, 0) is 9.47 Å². The number of quaternary nitrogens is 1. The zero-order valence-corrected chi connectivity index (χ0v) is 19.2. The highest BCUT2D eigenvalue weighted by Crippen LogP contribution is 2.34. The summed E-state index contributed by atoms with van der Waals surface area (Å²) in [6, 6.07) is 0. The summed E-state index contributed by atoms with van der Waals surface area (Å²) < 4.78 is 26.1. The Morgan fingerprint density at radius 1 is 1.07 bits per heavy atom. The number of nitrogens with zero attached hydrogens (tertiary/aromatic N) is 3. The normalized spacial score (nSPS) is 21.7. The third-order valence-electron chi connectivity index (χ3n) is 5.48. The van der Waals surface area contributed by atoms with Crippen molar-refractivity contribution in [2.45, 2.75) is 77.6 Å². The van der Waals surface area contributed by atoms with Gasteiger partial charge in [0.25, 0.3) is 0 Å². The minimum Gasteiger partial charge on any atom is -0.476 e. The number of rotatable bonds is 13. The fourth-order valence-electron chi connectivity index (χ4n) is 3.77. The van der Waals surface area contributed by atoms with E-state index in [1.165, 1.54) is 31.0 Å². The highest BCUT2D eigenvalue weighted by Gasteiger charge is 2.36. The van der Waals surface area contributed by atoms with Crippen molar-refractivity contribution in [3.63, 3.8) is 0 Å². The third kappa shape index (κ3) is 8.46. The summed E-state index contributed by atoms with van der Waals surface area (Å²) in [5.74, 6) is 0.975. The van der Waals surface area contributed by atoms with Gasteiger partial charge in [-0.15, -0.1) is 4.37 Å². The summed E-state index contributed by atoms with van der Waals surface area (Å²) >= 11 is 1.22. The molecule has 0 radical (unpaired) electrons. The SMILES string of the molecule is CCCCCCOc1nsnc1C1CCC[N+](C)(COC(=O)OCCCCC)C1. The molecule has 166 valence electrons. The molecule has 1 fully saturated rings. The summed E-state index contributed by atoms with van der Waals surface area (Å²) in [5.41, 5.74) is 0.969. The first-order valence-electron chi connectivity index (χ1n) is 11.2. The molecule has 0 bridgehead atoms. The molecular weight excluding hydrogens is 390 g/mol. The average molecular weight is 429 g/mol. The first kappa shape index (κ1) is 23.9. The topological polar surface area (TPSA) is 70.5 Å². The number of hydrogen-bond donors (Lipinski definition) is 0. The molecule has 2 heterocycles. The fraction of sp³-hybridized carbons (Fsp3) is 0.857. The van der Waals surface area contributed by atoms with Crippen LogP contribution in [0.2, 0.25) is 0 Å². The molecule has 1 aliphatic rings. The molecule has 1 aromatic heterocycles. The first-order valence-corrected chi connectivity index (χ1v) is 11.9. The number of carbonyl (C=O) groups is 1. The van der Waals surface area contributed by atoms with Crippen molar-refractivity contribution < 1.29 is 23.5 Å². The minimum atomic E-state index is -0.561. The predicted molar refractivity (Wildman–Crippen MR) is 114 cm³/mol. The van der Waals surface area contributed by atoms with Crippen LogP contribution in [0, 0.1) is 0 Å². The molecule has 8 heteroatoms. The zero-order valence-electron chi connectivity index (χ0n) is 18.4. The van der Waals surface area contributed by atoms with Crippen LogP contribution in [0.3, 0.4) is 0 Å². The Bertz CT molecular complexity index is 598. The van der Waals surface area contributed by atoms with E-state index < -0.39 is 6.16 Å². The minimum absolute atomic E-state index is 0.280. The van der Waals surface area contributed by atoms with E-state index in [1.54, 1.807) is 0 Å². The Kier molecular flexibility index (Phi) is 10.7. The van der Waals surface area contributed by atoms with Crippen molar-refractivity contribution in [3.05, 3.63) is 5.69 Å². The maximum Gasteiger partial charge on any atom is 0.512 e. The van der Waals surface area contributed by atoms with E-state index >= 15 is 0 Å². The van der Waals surface area contributed by atoms with Crippen LogP contribution in [0.15, 0.2) is 0 Å². The summed E-state index contributed by atoms with van der Waals surface area (Å²) in [4.78, 5) is 11.9. The molecule has 7 nitrogen and oxygen atoms in total. The molecule has 1 saturated heterocycles. The Balaban J connectivity index is 1.80. The number of likely N-dealkylation sites (N-methyl/N-ethyl adjacent to an activating group) is 1. The Hall–Kier alpha value is -1.41. The molecule has 1 aliphatic heterocycles. The lowest BCUT2D eigenvalue weighted by Crippen LogP contribution is -2.52. The molecule has 1 aromatic rings. The summed E-state index contributed by atoms with van der Waals surface area (Å²) in [6.07, 6.45) is 9.31. The van der Waals surface area contributed by atoms with Gasteiger partial charge in [-0.05, 0) is 25.7 Å². The first-order chi connectivity index (χ1) is 14.1. The van der Waals surface area contributed by atoms with E-state index in [0.717, 1.165) is 57.3 Å². The van der Waals surface area contributed by atoms with Gasteiger partial charge in [-0.3, -0.25) is 4.48 Å². The monoisotopic (exact) mass is 428 g/mol. The largest absolute Gasteiger partial charge is 0.512 e. The van der Waals surface area contributed by atoms with Crippen molar-refractivity contribution >= 4 is 17.9 Å². The van der Waals surface area contributed by atoms with E-state index in [1.807, 2.05) is 0 Å². The highest BCUT2D eigenvalue weighted by atomic mass is 32.1. The maximum absolute atomic E-state index is 11.9. The van der Waals surface area contributed by atoms with Crippen molar-refractivity contribution in [1.82, 2.24) is 8.75 Å². The third-order valence-corrected chi connectivity index (χ3v) is 6.00. The van der Waals surface area contributed by atoms with Crippen LogP contribution in [0.1, 0.15) is 83.2 Å². The van der Waals surface area contributed by atoms with Crippen LogP contribution < -0.4 is 4.74 Å². The molecule has 2 unspecified atom stereocenters. The van der Waals surface area contributed by atoms with Crippen molar-refractivity contribution in [2.24, 2.45) is 0 Å². The lowest BCUT2D eigenvalue weighted by atomic mass is 9.94. The Morgan fingerprint density at radius 3 is 2.62 bits per heavy atom. The lowest BCUT2D eigenvalue weighted by Gasteiger charge is -2.39. The molecule has 0 N–H and O–H groups in total. The zero-order chi connectivity index (χ0) is 21.0. The average Bonchev–Trinajstić information content (AvgIpc) is 3.18. The molecule has 29 heavy (non-hydrogen) atoms. The lowest BCUT2D eigenvalue weighted by molar-refractivity contribution is -0.931. The number of unbranched alkanes of at least 4 members (excludes halogenated alkanes) is 5. The molecule has 0 saturated carbocycles. The van der Waals surface area contributed by atoms with Gasteiger partial charge in [0.05, 0.1) is 51.0 Å². The Labute approximate surface area is 179 Å². The summed E-state index contributed by atoms with van der Waals surface area (Å²) in [6.45, 7) is 7.63. The van der Waals surface area contributed by atoms with Crippen LogP contribution in [-0.4, -0.2) is 59.5 Å². The number of aromatic nitrogens is 2. The smallest absolute Gasteiger partial charge is 0.476 e. The molecule has 0 aromatic carbocycles. The molecular formula is C21H38N3O4S+. The van der Waals surface area contributed by atoms with E-state index in [2.05, 4.69) is 29.6 Å². The number of hydrogen-bond acceptors (Lipinski definition) is 7. The van der Waals surface area contributed by atoms with E-state index in [0.29, 0.717) is 30.3 Å². The van der Waals surface area contributed by atoms with Crippen LogP contribution in [0.4, 0.5) is 4.79 Å². The maximum atomic E-state index is 11.9. The van der Waals surface area contributed by atoms with E-state index in [9.17, 15) is 4.79 Å². The molecule has 0 aliphatic carbocycles. The second-order valence-corrected chi connectivity index (χ2v) is 8.84. The second kappa shape index (κ2) is 13.0. The van der Waals surface area contributed by atoms with E-state index in [-0.39, 0.29) is 5.92 Å². The van der Waals surface area contributed by atoms with Gasteiger partial charge in [-0.2, -0.15) is 4.37 Å². The van der Waals surface area contributed by atoms with Crippen LogP contribution in [0.5, 0.6) is 5.88 Å². The summed E-state index contributed by atoms with van der Waals surface area (Å²) in [7, 11) is 2.13. The number of likely N-dealkylation sites (tertiary alicyclic amines) is 1. The number of ether oxygens (including phenoxy) is 3. The molecule has 0 spiro atoms. The predicted octanol–water partition coefficient (Wildman–Crippen LogP) is 5.12. The fourth-order valence-corrected chi connectivity index (χ4v) is 4.34. The van der Waals surface area contributed by atoms with Crippen LogP contribution >= 0.6 is 11.7 Å². The molecule has 2 rings (SSSR count). The van der Waals surface area contributed by atoms with E-state index in [4.69, 9.17) is 14.2 Å². The van der Waals surface area contributed by atoms with Gasteiger partial charge in [0.2, 0.25) is 12.6 Å². The standard InChI is InChI=1S/C21H38N3O4S/c1-4-6-8-10-14-26-20-19(22-29-23-20)18-12-11-13-24(3,16-18)17-28-21(25)27-15-9-7-5-2/h18H,4-17H2,1-3H3/q+1. The van der Waals surface area contributed by atoms with Gasteiger partial charge in [0, 0.05) is 0 Å². The van der Waals surface area contributed by atoms with Crippen molar-refractivity contribution in [1.29, 1.82) is 0 Å². The Morgan fingerprint density at radius 2 is 1.83 bits per heavy atom.